The van der Waals surface area contributed by atoms with Crippen LogP contribution in [0.15, 0.2) is 36.5 Å². The Hall–Kier alpha value is -2.40. The molecule has 1 aromatic carbocycles. The molecule has 0 unspecified atom stereocenters. The van der Waals surface area contributed by atoms with Gasteiger partial charge in [0.2, 0.25) is 0 Å². The molecular weight excluding hydrogens is 254 g/mol. The molecule has 0 fully saturated rings. The number of hydrogen-bond acceptors (Lipinski definition) is 4. The third-order valence-corrected chi connectivity index (χ3v) is 2.92. The minimum atomic E-state index is -0.226. The van der Waals surface area contributed by atoms with E-state index in [4.69, 9.17) is 10.5 Å². The molecule has 0 aliphatic heterocycles. The van der Waals surface area contributed by atoms with E-state index >= 15 is 0 Å². The van der Waals surface area contributed by atoms with Crippen LogP contribution in [0.2, 0.25) is 0 Å². The summed E-state index contributed by atoms with van der Waals surface area (Å²) in [6, 6.07) is 8.97. The Labute approximate surface area is 117 Å². The summed E-state index contributed by atoms with van der Waals surface area (Å²) in [4.78, 5) is 16.2. The molecule has 5 nitrogen and oxygen atoms in total. The smallest absolute Gasteiger partial charge is 0.257 e. The van der Waals surface area contributed by atoms with E-state index in [0.717, 1.165) is 11.3 Å². The topological polar surface area (TPSA) is 77.2 Å². The molecule has 1 heterocycles. The summed E-state index contributed by atoms with van der Waals surface area (Å²) < 4.78 is 5.26. The molecule has 0 aliphatic carbocycles. The zero-order valence-electron chi connectivity index (χ0n) is 11.5. The van der Waals surface area contributed by atoms with Crippen molar-refractivity contribution in [3.05, 3.63) is 53.3 Å². The zero-order chi connectivity index (χ0) is 14.5. The largest absolute Gasteiger partial charge is 0.495 e. The monoisotopic (exact) mass is 271 g/mol. The first-order chi connectivity index (χ1) is 9.63. The molecule has 0 saturated carbocycles. The number of nitrogens with zero attached hydrogens (tertiary/aromatic N) is 1. The van der Waals surface area contributed by atoms with Gasteiger partial charge in [0.25, 0.3) is 5.91 Å². The number of carbonyl (C=O) groups excluding carboxylic acids is 1. The van der Waals surface area contributed by atoms with Crippen molar-refractivity contribution in [3.63, 3.8) is 0 Å². The number of nitrogens with two attached hydrogens (primary N) is 1. The van der Waals surface area contributed by atoms with Gasteiger partial charge in [-0.05, 0) is 36.8 Å². The molecule has 1 aromatic heterocycles. The Morgan fingerprint density at radius 3 is 2.75 bits per heavy atom. The summed E-state index contributed by atoms with van der Waals surface area (Å²) in [5.41, 5.74) is 8.49. The number of amides is 1. The second kappa shape index (κ2) is 6.16. The molecule has 0 bridgehead atoms. The van der Waals surface area contributed by atoms with Crippen LogP contribution < -0.4 is 15.8 Å². The van der Waals surface area contributed by atoms with E-state index in [1.807, 2.05) is 19.1 Å². The molecule has 2 rings (SSSR count). The molecule has 2 aromatic rings. The highest BCUT2D eigenvalue weighted by Gasteiger charge is 2.10. The van der Waals surface area contributed by atoms with Crippen LogP contribution in [0.1, 0.15) is 21.6 Å². The summed E-state index contributed by atoms with van der Waals surface area (Å²) in [6.45, 7) is 2.29. The quantitative estimate of drug-likeness (QED) is 0.892. The summed E-state index contributed by atoms with van der Waals surface area (Å²) in [5.74, 6) is 0.359. The van der Waals surface area contributed by atoms with E-state index in [0.29, 0.717) is 23.5 Å². The lowest BCUT2D eigenvalue weighted by molar-refractivity contribution is 0.102. The Bertz CT molecular complexity index is 609. The van der Waals surface area contributed by atoms with Crippen molar-refractivity contribution in [2.75, 3.05) is 12.4 Å². The summed E-state index contributed by atoms with van der Waals surface area (Å²) >= 11 is 0. The van der Waals surface area contributed by atoms with Crippen LogP contribution in [0.3, 0.4) is 0 Å². The van der Waals surface area contributed by atoms with E-state index < -0.39 is 0 Å². The highest BCUT2D eigenvalue weighted by molar-refractivity contribution is 6.04. The highest BCUT2D eigenvalue weighted by Crippen LogP contribution is 2.25. The SMILES string of the molecule is COc1cc(CN)ccc1NC(=O)c1ccc(C)nc1. The predicted octanol–water partition coefficient (Wildman–Crippen LogP) is 2.11. The normalized spacial score (nSPS) is 10.2. The number of rotatable bonds is 4. The Morgan fingerprint density at radius 1 is 1.35 bits per heavy atom. The number of benzene rings is 1. The van der Waals surface area contributed by atoms with Crippen molar-refractivity contribution in [2.45, 2.75) is 13.5 Å². The lowest BCUT2D eigenvalue weighted by atomic mass is 10.1. The van der Waals surface area contributed by atoms with Crippen molar-refractivity contribution in [1.82, 2.24) is 4.98 Å². The summed E-state index contributed by atoms with van der Waals surface area (Å²) in [5, 5.41) is 2.80. The standard InChI is InChI=1S/C15H17N3O2/c1-10-3-5-12(9-17-10)15(19)18-13-6-4-11(8-16)7-14(13)20-2/h3-7,9H,8,16H2,1-2H3,(H,18,19). The lowest BCUT2D eigenvalue weighted by Gasteiger charge is -2.11. The van der Waals surface area contributed by atoms with Crippen LogP contribution >= 0.6 is 0 Å². The molecule has 0 aliphatic rings. The van der Waals surface area contributed by atoms with E-state index in [-0.39, 0.29) is 5.91 Å². The first kappa shape index (κ1) is 14.0. The van der Waals surface area contributed by atoms with Gasteiger partial charge in [0.15, 0.2) is 0 Å². The average molecular weight is 271 g/mol. The van der Waals surface area contributed by atoms with Crippen LogP contribution in [0, 0.1) is 6.92 Å². The van der Waals surface area contributed by atoms with Crippen LogP contribution in [-0.2, 0) is 6.54 Å². The van der Waals surface area contributed by atoms with Crippen LogP contribution in [0.4, 0.5) is 5.69 Å². The Morgan fingerprint density at radius 2 is 2.15 bits per heavy atom. The third-order valence-electron chi connectivity index (χ3n) is 2.92. The van der Waals surface area contributed by atoms with Gasteiger partial charge in [0, 0.05) is 18.4 Å². The van der Waals surface area contributed by atoms with Gasteiger partial charge < -0.3 is 15.8 Å². The van der Waals surface area contributed by atoms with Crippen LogP contribution in [0.25, 0.3) is 0 Å². The van der Waals surface area contributed by atoms with Gasteiger partial charge in [-0.1, -0.05) is 6.07 Å². The molecule has 3 N–H and O–H groups in total. The number of hydrogen-bond donors (Lipinski definition) is 2. The fourth-order valence-corrected chi connectivity index (χ4v) is 1.76. The lowest BCUT2D eigenvalue weighted by Crippen LogP contribution is -2.13. The average Bonchev–Trinajstić information content (AvgIpc) is 2.48. The fraction of sp³-hybridized carbons (Fsp3) is 0.200. The molecule has 104 valence electrons. The molecular formula is C15H17N3O2. The van der Waals surface area contributed by atoms with Gasteiger partial charge in [-0.15, -0.1) is 0 Å². The van der Waals surface area contributed by atoms with E-state index in [9.17, 15) is 4.79 Å². The number of ether oxygens (including phenoxy) is 1. The molecule has 0 atom stereocenters. The van der Waals surface area contributed by atoms with Crippen molar-refractivity contribution >= 4 is 11.6 Å². The number of aromatic nitrogens is 1. The van der Waals surface area contributed by atoms with Crippen molar-refractivity contribution in [2.24, 2.45) is 5.73 Å². The molecule has 0 radical (unpaired) electrons. The predicted molar refractivity (Wildman–Crippen MR) is 77.8 cm³/mol. The van der Waals surface area contributed by atoms with Gasteiger partial charge in [-0.2, -0.15) is 0 Å². The third kappa shape index (κ3) is 3.13. The molecule has 0 spiro atoms. The maximum Gasteiger partial charge on any atom is 0.257 e. The first-order valence-electron chi connectivity index (χ1n) is 6.25. The van der Waals surface area contributed by atoms with Crippen molar-refractivity contribution in [1.29, 1.82) is 0 Å². The van der Waals surface area contributed by atoms with Gasteiger partial charge >= 0.3 is 0 Å². The number of nitrogens with one attached hydrogen (secondary N) is 1. The maximum atomic E-state index is 12.1. The van der Waals surface area contributed by atoms with E-state index in [2.05, 4.69) is 10.3 Å². The Balaban J connectivity index is 2.21. The van der Waals surface area contributed by atoms with Gasteiger partial charge in [0.1, 0.15) is 5.75 Å². The second-order valence-corrected chi connectivity index (χ2v) is 4.38. The summed E-state index contributed by atoms with van der Waals surface area (Å²) in [6.07, 6.45) is 1.55. The molecule has 0 saturated heterocycles. The second-order valence-electron chi connectivity index (χ2n) is 4.38. The fourth-order valence-electron chi connectivity index (χ4n) is 1.76. The molecule has 1 amide bonds. The highest BCUT2D eigenvalue weighted by atomic mass is 16.5. The molecule has 5 heteroatoms. The van der Waals surface area contributed by atoms with E-state index in [1.165, 1.54) is 0 Å². The van der Waals surface area contributed by atoms with Crippen LogP contribution in [0.5, 0.6) is 5.75 Å². The maximum absolute atomic E-state index is 12.1. The van der Waals surface area contributed by atoms with Crippen LogP contribution in [-0.4, -0.2) is 18.0 Å². The number of carbonyl (C=O) groups is 1. The first-order valence-corrected chi connectivity index (χ1v) is 6.25. The number of methoxy groups -OCH3 is 1. The minimum absolute atomic E-state index is 0.226. The van der Waals surface area contributed by atoms with Gasteiger partial charge in [-0.3, -0.25) is 9.78 Å². The molecule has 20 heavy (non-hydrogen) atoms. The van der Waals surface area contributed by atoms with Gasteiger partial charge in [0.05, 0.1) is 18.4 Å². The number of pyridine rings is 1. The minimum Gasteiger partial charge on any atom is -0.495 e. The Kier molecular flexibility index (Phi) is 4.32. The zero-order valence-corrected chi connectivity index (χ0v) is 11.5. The van der Waals surface area contributed by atoms with Gasteiger partial charge in [-0.25, -0.2) is 0 Å². The van der Waals surface area contributed by atoms with Crippen molar-refractivity contribution < 1.29 is 9.53 Å². The number of anilines is 1. The van der Waals surface area contributed by atoms with E-state index in [1.54, 1.807) is 31.5 Å². The van der Waals surface area contributed by atoms with Crippen molar-refractivity contribution in [3.8, 4) is 5.75 Å². The summed E-state index contributed by atoms with van der Waals surface area (Å²) in [7, 11) is 1.55. The number of aryl methyl sites for hydroxylation is 1.